The zero-order valence-corrected chi connectivity index (χ0v) is 9.26. The van der Waals surface area contributed by atoms with E-state index in [1.807, 2.05) is 20.8 Å². The molecule has 1 heterocycles. The summed E-state index contributed by atoms with van der Waals surface area (Å²) < 4.78 is 0. The van der Waals surface area contributed by atoms with Crippen molar-refractivity contribution in [1.29, 1.82) is 0 Å². The summed E-state index contributed by atoms with van der Waals surface area (Å²) in [5, 5.41) is 7.70. The number of amides is 1. The number of hydrogen-bond donors (Lipinski definition) is 2. The quantitative estimate of drug-likeness (QED) is 0.428. The van der Waals surface area contributed by atoms with E-state index in [1.165, 1.54) is 5.48 Å². The van der Waals surface area contributed by atoms with E-state index in [4.69, 9.17) is 5.21 Å². The van der Waals surface area contributed by atoms with E-state index in [0.29, 0.717) is 4.90 Å². The summed E-state index contributed by atoms with van der Waals surface area (Å²) in [5.74, 6) is 0. The predicted octanol–water partition coefficient (Wildman–Crippen LogP) is 2.61. The van der Waals surface area contributed by atoms with Gasteiger partial charge in [-0.15, -0.1) is 0 Å². The maximum Gasteiger partial charge on any atom is 0.307 e. The van der Waals surface area contributed by atoms with Gasteiger partial charge in [0.1, 0.15) is 0 Å². The van der Waals surface area contributed by atoms with Crippen LogP contribution >= 0.6 is 11.8 Å². The van der Waals surface area contributed by atoms with Crippen molar-refractivity contribution in [3.63, 3.8) is 0 Å². The van der Waals surface area contributed by atoms with E-state index >= 15 is 0 Å². The van der Waals surface area contributed by atoms with Gasteiger partial charge in [0.2, 0.25) is 0 Å². The van der Waals surface area contributed by atoms with Gasteiger partial charge < -0.3 is 0 Å². The van der Waals surface area contributed by atoms with Crippen LogP contribution in [0.15, 0.2) is 23.2 Å². The molecule has 1 rings (SSSR count). The lowest BCUT2D eigenvalue weighted by atomic mass is 10.4. The lowest BCUT2D eigenvalue weighted by Gasteiger charge is -1.97. The minimum atomic E-state index is -0.513. The Balaban J connectivity index is 0.000000791. The number of carbonyl (C=O) groups is 1. The summed E-state index contributed by atoms with van der Waals surface area (Å²) in [6.45, 7) is 5.86. The van der Waals surface area contributed by atoms with Crippen molar-refractivity contribution < 1.29 is 10.0 Å². The molecule has 0 aromatic carbocycles. The molecule has 0 saturated heterocycles. The Morgan fingerprint density at radius 2 is 2.14 bits per heavy atom. The van der Waals surface area contributed by atoms with Crippen molar-refractivity contribution in [3.05, 3.63) is 24.0 Å². The number of rotatable bonds is 1. The fraction of sp³-hybridized carbons (Fsp3) is 0.333. The molecule has 0 aliphatic heterocycles. The summed E-state index contributed by atoms with van der Waals surface area (Å²) in [4.78, 5) is 15.3. The first-order valence-electron chi connectivity index (χ1n) is 4.27. The molecule has 5 heteroatoms. The van der Waals surface area contributed by atoms with Crippen LogP contribution in [0.4, 0.5) is 4.79 Å². The normalized spacial score (nSPS) is 8.57. The molecule has 0 fully saturated rings. The topological polar surface area (TPSA) is 62.2 Å². The third-order valence-corrected chi connectivity index (χ3v) is 1.94. The number of hydroxylamine groups is 1. The number of aromatic nitrogens is 1. The van der Waals surface area contributed by atoms with Crippen LogP contribution in [0.25, 0.3) is 0 Å². The molecule has 4 nitrogen and oxygen atoms in total. The van der Waals surface area contributed by atoms with Crippen LogP contribution in [0, 0.1) is 6.92 Å². The highest BCUT2D eigenvalue weighted by Gasteiger charge is 2.01. The van der Waals surface area contributed by atoms with E-state index < -0.39 is 5.24 Å². The first-order chi connectivity index (χ1) is 6.72. The second kappa shape index (κ2) is 7.34. The van der Waals surface area contributed by atoms with Crippen LogP contribution in [-0.4, -0.2) is 15.4 Å². The summed E-state index contributed by atoms with van der Waals surface area (Å²) in [6.07, 6.45) is 1.58. The average molecular weight is 214 g/mol. The number of hydrogen-bond acceptors (Lipinski definition) is 4. The molecule has 0 aliphatic carbocycles. The zero-order chi connectivity index (χ0) is 11.0. The van der Waals surface area contributed by atoms with Crippen molar-refractivity contribution in [2.45, 2.75) is 25.7 Å². The van der Waals surface area contributed by atoms with Gasteiger partial charge in [-0.2, -0.15) is 0 Å². The van der Waals surface area contributed by atoms with E-state index in [2.05, 4.69) is 4.98 Å². The standard InChI is InChI=1S/C7H8N2O2S.C2H6/c1-5-2-3-6(4-8-5)12-7(10)9-11;1-2/h2-4,11H,1H3,(H,9,10);1-2H3. The maximum absolute atomic E-state index is 10.6. The van der Waals surface area contributed by atoms with Crippen molar-refractivity contribution in [2.75, 3.05) is 0 Å². The van der Waals surface area contributed by atoms with Gasteiger partial charge in [0.05, 0.1) is 0 Å². The third kappa shape index (κ3) is 4.84. The average Bonchev–Trinajstić information content (AvgIpc) is 2.24. The van der Waals surface area contributed by atoms with Gasteiger partial charge in [0.15, 0.2) is 0 Å². The van der Waals surface area contributed by atoms with Crippen LogP contribution in [-0.2, 0) is 0 Å². The molecule has 0 bridgehead atoms. The molecule has 0 atom stereocenters. The Bertz CT molecular complexity index is 275. The van der Waals surface area contributed by atoms with Crippen LogP contribution in [0.5, 0.6) is 0 Å². The molecule has 78 valence electrons. The van der Waals surface area contributed by atoms with Crippen LogP contribution < -0.4 is 5.48 Å². The van der Waals surface area contributed by atoms with Gasteiger partial charge in [-0.3, -0.25) is 15.0 Å². The summed E-state index contributed by atoms with van der Waals surface area (Å²) in [6, 6.07) is 3.56. The van der Waals surface area contributed by atoms with Gasteiger partial charge in [-0.1, -0.05) is 13.8 Å². The number of aryl methyl sites for hydroxylation is 1. The van der Waals surface area contributed by atoms with Gasteiger partial charge in [0.25, 0.3) is 0 Å². The van der Waals surface area contributed by atoms with E-state index in [1.54, 1.807) is 18.3 Å². The minimum Gasteiger partial charge on any atom is -0.288 e. The zero-order valence-electron chi connectivity index (χ0n) is 8.44. The van der Waals surface area contributed by atoms with Gasteiger partial charge in [0, 0.05) is 16.8 Å². The number of nitrogens with one attached hydrogen (secondary N) is 1. The molecular formula is C9H14N2O2S. The lowest BCUT2D eigenvalue weighted by molar-refractivity contribution is 0.180. The molecule has 14 heavy (non-hydrogen) atoms. The number of carbonyl (C=O) groups excluding carboxylic acids is 1. The van der Waals surface area contributed by atoms with Crippen molar-refractivity contribution >= 4 is 17.0 Å². The van der Waals surface area contributed by atoms with Crippen molar-refractivity contribution in [1.82, 2.24) is 10.5 Å². The molecule has 0 spiro atoms. The second-order valence-electron chi connectivity index (χ2n) is 2.14. The van der Waals surface area contributed by atoms with Crippen LogP contribution in [0.1, 0.15) is 19.5 Å². The Labute approximate surface area is 87.7 Å². The van der Waals surface area contributed by atoms with Crippen molar-refractivity contribution in [3.8, 4) is 0 Å². The Kier molecular flexibility index (Phi) is 6.78. The van der Waals surface area contributed by atoms with Crippen LogP contribution in [0.3, 0.4) is 0 Å². The molecule has 0 aliphatic rings. The molecular weight excluding hydrogens is 200 g/mol. The highest BCUT2D eigenvalue weighted by molar-refractivity contribution is 8.13. The maximum atomic E-state index is 10.6. The smallest absolute Gasteiger partial charge is 0.288 e. The number of nitrogens with zero attached hydrogens (tertiary/aromatic N) is 1. The monoisotopic (exact) mass is 214 g/mol. The Morgan fingerprint density at radius 1 is 1.50 bits per heavy atom. The van der Waals surface area contributed by atoms with Crippen molar-refractivity contribution in [2.24, 2.45) is 0 Å². The first-order valence-corrected chi connectivity index (χ1v) is 5.08. The van der Waals surface area contributed by atoms with E-state index in [-0.39, 0.29) is 0 Å². The largest absolute Gasteiger partial charge is 0.307 e. The van der Waals surface area contributed by atoms with Gasteiger partial charge in [-0.05, 0) is 30.8 Å². The second-order valence-corrected chi connectivity index (χ2v) is 3.18. The molecule has 2 N–H and O–H groups in total. The summed E-state index contributed by atoms with van der Waals surface area (Å²) in [5.41, 5.74) is 2.42. The molecule has 1 aromatic rings. The fourth-order valence-corrected chi connectivity index (χ4v) is 1.15. The van der Waals surface area contributed by atoms with Gasteiger partial charge >= 0.3 is 5.24 Å². The SMILES string of the molecule is CC.Cc1ccc(SC(=O)NO)cn1. The molecule has 0 unspecified atom stereocenters. The summed E-state index contributed by atoms with van der Waals surface area (Å²) >= 11 is 0.890. The molecule has 1 aromatic heterocycles. The van der Waals surface area contributed by atoms with E-state index in [0.717, 1.165) is 17.5 Å². The third-order valence-electron chi connectivity index (χ3n) is 1.19. The van der Waals surface area contributed by atoms with Crippen LogP contribution in [0.2, 0.25) is 0 Å². The first kappa shape index (κ1) is 12.9. The predicted molar refractivity (Wildman–Crippen MR) is 56.5 cm³/mol. The lowest BCUT2D eigenvalue weighted by Crippen LogP contribution is -2.11. The highest BCUT2D eigenvalue weighted by Crippen LogP contribution is 2.16. The van der Waals surface area contributed by atoms with E-state index in [9.17, 15) is 4.79 Å². The fourth-order valence-electron chi connectivity index (χ4n) is 0.644. The van der Waals surface area contributed by atoms with Gasteiger partial charge in [-0.25, -0.2) is 5.48 Å². The summed E-state index contributed by atoms with van der Waals surface area (Å²) in [7, 11) is 0. The highest BCUT2D eigenvalue weighted by atomic mass is 32.2. The Hall–Kier alpha value is -1.07. The molecule has 0 radical (unpaired) electrons. The number of thioether (sulfide) groups is 1. The Morgan fingerprint density at radius 3 is 2.57 bits per heavy atom. The minimum absolute atomic E-state index is 0.513. The molecule has 0 saturated carbocycles. The number of pyridine rings is 1. The molecule has 1 amide bonds.